The Morgan fingerprint density at radius 1 is 1.09 bits per heavy atom. The van der Waals surface area contributed by atoms with Crippen LogP contribution < -0.4 is 5.32 Å². The summed E-state index contributed by atoms with van der Waals surface area (Å²) >= 11 is 1.59. The fourth-order valence-electron chi connectivity index (χ4n) is 4.38. The third kappa shape index (κ3) is 6.16. The normalized spacial score (nSPS) is 15.4. The van der Waals surface area contributed by atoms with Gasteiger partial charge in [-0.1, -0.05) is 55.3 Å². The van der Waals surface area contributed by atoms with Crippen LogP contribution in [0.15, 0.2) is 72.9 Å². The summed E-state index contributed by atoms with van der Waals surface area (Å²) in [5, 5.41) is 6.63. The minimum Gasteiger partial charge on any atom is -0.340 e. The Morgan fingerprint density at radius 3 is 2.65 bits per heavy atom. The van der Waals surface area contributed by atoms with E-state index in [0.29, 0.717) is 0 Å². The minimum atomic E-state index is 0.768. The van der Waals surface area contributed by atoms with Crippen molar-refractivity contribution < 1.29 is 0 Å². The van der Waals surface area contributed by atoms with Crippen molar-refractivity contribution in [1.29, 1.82) is 0 Å². The SMILES string of the molecule is C=C(Nc1cc2cc(C(=C)SC(C)=NC)ccc2cn1)c1cccc(CC2CCN(C)CC2)c1. The second kappa shape index (κ2) is 11.0. The first kappa shape index (κ1) is 24.2. The number of anilines is 1. The van der Waals surface area contributed by atoms with E-state index in [9.17, 15) is 0 Å². The van der Waals surface area contributed by atoms with Gasteiger partial charge in [0.1, 0.15) is 5.82 Å². The summed E-state index contributed by atoms with van der Waals surface area (Å²) in [7, 11) is 4.02. The zero-order chi connectivity index (χ0) is 24.1. The van der Waals surface area contributed by atoms with Gasteiger partial charge in [-0.25, -0.2) is 4.98 Å². The predicted octanol–water partition coefficient (Wildman–Crippen LogP) is 6.95. The topological polar surface area (TPSA) is 40.5 Å². The molecule has 0 amide bonds. The monoisotopic (exact) mass is 470 g/mol. The number of thioether (sulfide) groups is 1. The number of pyridine rings is 1. The Morgan fingerprint density at radius 2 is 1.88 bits per heavy atom. The summed E-state index contributed by atoms with van der Waals surface area (Å²) in [6.07, 6.45) is 5.59. The van der Waals surface area contributed by atoms with Gasteiger partial charge in [0.25, 0.3) is 0 Å². The molecule has 34 heavy (non-hydrogen) atoms. The molecule has 5 heteroatoms. The molecule has 0 unspecified atom stereocenters. The number of fused-ring (bicyclic) bond motifs is 1. The van der Waals surface area contributed by atoms with E-state index in [1.54, 1.807) is 18.8 Å². The van der Waals surface area contributed by atoms with E-state index in [4.69, 9.17) is 0 Å². The van der Waals surface area contributed by atoms with E-state index < -0.39 is 0 Å². The number of hydrogen-bond acceptors (Lipinski definition) is 5. The third-order valence-electron chi connectivity index (χ3n) is 6.55. The van der Waals surface area contributed by atoms with E-state index in [1.807, 2.05) is 13.1 Å². The van der Waals surface area contributed by atoms with Crippen LogP contribution in [0, 0.1) is 5.92 Å². The average molecular weight is 471 g/mol. The Bertz CT molecular complexity index is 1220. The first-order valence-corrected chi connectivity index (χ1v) is 12.7. The van der Waals surface area contributed by atoms with E-state index in [2.05, 4.69) is 88.9 Å². The molecular weight excluding hydrogens is 436 g/mol. The molecule has 1 N–H and O–H groups in total. The van der Waals surface area contributed by atoms with Gasteiger partial charge in [-0.3, -0.25) is 4.99 Å². The van der Waals surface area contributed by atoms with Gasteiger partial charge in [0.2, 0.25) is 0 Å². The standard InChI is InChI=1S/C29H34N4S/c1-20(25-8-6-7-24(16-25)15-23-11-13-33(5)14-12-23)32-29-18-28-17-26(9-10-27(28)19-31-29)21(2)34-22(3)30-4/h6-10,16-19,23H,1-2,11-15H2,3-5H3,(H,31,32). The molecule has 0 saturated carbocycles. The molecule has 3 aromatic rings. The number of hydrogen-bond donors (Lipinski definition) is 1. The Balaban J connectivity index is 1.46. The van der Waals surface area contributed by atoms with Gasteiger partial charge < -0.3 is 10.2 Å². The maximum Gasteiger partial charge on any atom is 0.130 e. The van der Waals surface area contributed by atoms with Crippen LogP contribution in [-0.4, -0.2) is 42.1 Å². The lowest BCUT2D eigenvalue weighted by Gasteiger charge is -2.29. The molecule has 0 aliphatic carbocycles. The number of aliphatic imine (C=N–C) groups is 1. The summed E-state index contributed by atoms with van der Waals surface area (Å²) in [5.41, 5.74) is 4.45. The quantitative estimate of drug-likeness (QED) is 0.299. The molecule has 1 aliphatic heterocycles. The Hall–Kier alpha value is -2.89. The number of benzene rings is 2. The highest BCUT2D eigenvalue weighted by molar-refractivity contribution is 8.21. The Labute approximate surface area is 207 Å². The average Bonchev–Trinajstić information content (AvgIpc) is 2.85. The number of likely N-dealkylation sites (tertiary alicyclic amines) is 1. The van der Waals surface area contributed by atoms with Crippen LogP contribution >= 0.6 is 11.8 Å². The van der Waals surface area contributed by atoms with E-state index in [0.717, 1.165) is 55.7 Å². The molecular formula is C29H34N4S. The fraction of sp³-hybridized carbons (Fsp3) is 0.310. The number of nitrogens with one attached hydrogen (secondary N) is 1. The lowest BCUT2D eigenvalue weighted by Crippen LogP contribution is -2.30. The van der Waals surface area contributed by atoms with Crippen molar-refractivity contribution in [2.75, 3.05) is 32.5 Å². The molecule has 4 rings (SSSR count). The molecule has 2 aromatic carbocycles. The molecule has 4 nitrogen and oxygen atoms in total. The first-order valence-electron chi connectivity index (χ1n) is 11.9. The van der Waals surface area contributed by atoms with Crippen molar-refractivity contribution in [2.24, 2.45) is 10.9 Å². The number of rotatable bonds is 7. The molecule has 1 aromatic heterocycles. The molecule has 1 fully saturated rings. The van der Waals surface area contributed by atoms with Crippen molar-refractivity contribution in [2.45, 2.75) is 26.2 Å². The molecule has 1 saturated heterocycles. The maximum atomic E-state index is 4.61. The fourth-order valence-corrected chi connectivity index (χ4v) is 5.07. The van der Waals surface area contributed by atoms with Crippen molar-refractivity contribution >= 4 is 44.0 Å². The van der Waals surface area contributed by atoms with Gasteiger partial charge >= 0.3 is 0 Å². The van der Waals surface area contributed by atoms with Crippen molar-refractivity contribution in [3.8, 4) is 0 Å². The molecule has 2 heterocycles. The molecule has 176 valence electrons. The van der Waals surface area contributed by atoms with Crippen molar-refractivity contribution in [3.63, 3.8) is 0 Å². The predicted molar refractivity (Wildman–Crippen MR) is 150 cm³/mol. The van der Waals surface area contributed by atoms with Crippen LogP contribution in [0.3, 0.4) is 0 Å². The molecule has 1 aliphatic rings. The summed E-state index contributed by atoms with van der Waals surface area (Å²) < 4.78 is 0. The van der Waals surface area contributed by atoms with Crippen LogP contribution in [0.25, 0.3) is 21.4 Å². The zero-order valence-electron chi connectivity index (χ0n) is 20.5. The Kier molecular flexibility index (Phi) is 7.86. The van der Waals surface area contributed by atoms with E-state index in [-0.39, 0.29) is 0 Å². The second-order valence-corrected chi connectivity index (χ2v) is 10.4. The van der Waals surface area contributed by atoms with Crippen LogP contribution in [0.2, 0.25) is 0 Å². The lowest BCUT2D eigenvalue weighted by atomic mass is 9.90. The highest BCUT2D eigenvalue weighted by atomic mass is 32.2. The summed E-state index contributed by atoms with van der Waals surface area (Å²) in [5.74, 6) is 1.56. The van der Waals surface area contributed by atoms with Gasteiger partial charge in [-0.05, 0) is 92.5 Å². The van der Waals surface area contributed by atoms with Crippen LogP contribution in [0.4, 0.5) is 5.82 Å². The zero-order valence-corrected chi connectivity index (χ0v) is 21.3. The first-order chi connectivity index (χ1) is 16.4. The van der Waals surface area contributed by atoms with E-state index in [1.165, 1.54) is 31.5 Å². The number of piperidine rings is 1. The highest BCUT2D eigenvalue weighted by Gasteiger charge is 2.17. The number of aromatic nitrogens is 1. The summed E-state index contributed by atoms with van der Waals surface area (Å²) in [6.45, 7) is 12.9. The van der Waals surface area contributed by atoms with Gasteiger partial charge in [0.15, 0.2) is 0 Å². The highest BCUT2D eigenvalue weighted by Crippen LogP contribution is 2.30. The maximum absolute atomic E-state index is 4.61. The van der Waals surface area contributed by atoms with Gasteiger partial charge in [-0.2, -0.15) is 0 Å². The molecule has 0 bridgehead atoms. The minimum absolute atomic E-state index is 0.768. The van der Waals surface area contributed by atoms with Crippen LogP contribution in [0.1, 0.15) is 36.5 Å². The van der Waals surface area contributed by atoms with Gasteiger partial charge in [-0.15, -0.1) is 0 Å². The lowest BCUT2D eigenvalue weighted by molar-refractivity contribution is 0.219. The smallest absolute Gasteiger partial charge is 0.130 e. The molecule has 0 radical (unpaired) electrons. The second-order valence-electron chi connectivity index (χ2n) is 9.15. The van der Waals surface area contributed by atoms with Crippen molar-refractivity contribution in [3.05, 3.63) is 84.6 Å². The van der Waals surface area contributed by atoms with Crippen LogP contribution in [-0.2, 0) is 6.42 Å². The van der Waals surface area contributed by atoms with Crippen molar-refractivity contribution in [1.82, 2.24) is 9.88 Å². The van der Waals surface area contributed by atoms with Gasteiger partial charge in [0, 0.05) is 29.2 Å². The molecule has 0 spiro atoms. The van der Waals surface area contributed by atoms with Gasteiger partial charge in [0.05, 0.1) is 5.04 Å². The molecule has 0 atom stereocenters. The number of nitrogens with zero attached hydrogens (tertiary/aromatic N) is 3. The summed E-state index contributed by atoms with van der Waals surface area (Å²) in [4.78, 5) is 12.2. The van der Waals surface area contributed by atoms with Crippen LogP contribution in [0.5, 0.6) is 0 Å². The summed E-state index contributed by atoms with van der Waals surface area (Å²) in [6, 6.07) is 17.2. The van der Waals surface area contributed by atoms with E-state index >= 15 is 0 Å². The third-order valence-corrected chi connectivity index (χ3v) is 7.51. The largest absolute Gasteiger partial charge is 0.340 e.